The molecule has 0 saturated carbocycles. The Bertz CT molecular complexity index is 969. The van der Waals surface area contributed by atoms with Gasteiger partial charge in [-0.25, -0.2) is 0 Å². The van der Waals surface area contributed by atoms with Crippen LogP contribution in [0.5, 0.6) is 5.75 Å². The molecule has 4 rings (SSSR count). The number of benzene rings is 2. The van der Waals surface area contributed by atoms with Crippen molar-refractivity contribution in [3.63, 3.8) is 0 Å². The van der Waals surface area contributed by atoms with Crippen LogP contribution in [0.25, 0.3) is 0 Å². The third-order valence-corrected chi connectivity index (χ3v) is 5.84. The van der Waals surface area contributed by atoms with Gasteiger partial charge in [-0.3, -0.25) is 9.59 Å². The first-order valence-electron chi connectivity index (χ1n) is 8.44. The van der Waals surface area contributed by atoms with Crippen molar-refractivity contribution in [1.82, 2.24) is 0 Å². The number of carbonyl (C=O) groups is 2. The van der Waals surface area contributed by atoms with Crippen molar-refractivity contribution in [3.8, 4) is 5.75 Å². The molecule has 2 aromatic rings. The fourth-order valence-electron chi connectivity index (χ4n) is 3.75. The number of anilines is 1. The molecule has 0 bridgehead atoms. The molecule has 1 heterocycles. The average molecular weight is 416 g/mol. The van der Waals surface area contributed by atoms with Crippen LogP contribution in [0.1, 0.15) is 59.7 Å². The number of amides is 1. The minimum Gasteiger partial charge on any atom is -0.457 e. The maximum atomic E-state index is 13.1. The van der Waals surface area contributed by atoms with Gasteiger partial charge in [-0.1, -0.05) is 26.0 Å². The van der Waals surface area contributed by atoms with Crippen LogP contribution in [0.3, 0.4) is 0 Å². The average Bonchev–Trinajstić information content (AvgIpc) is 2.97. The van der Waals surface area contributed by atoms with E-state index in [1.807, 2.05) is 18.2 Å². The molecule has 2 aliphatic rings. The summed E-state index contributed by atoms with van der Waals surface area (Å²) in [6.45, 7) is 5.55. The van der Waals surface area contributed by atoms with E-state index in [0.717, 1.165) is 5.56 Å². The summed E-state index contributed by atoms with van der Waals surface area (Å²) in [5, 5.41) is 13.9. The Balaban J connectivity index is 1.84. The number of aliphatic hydroxyl groups is 1. The highest BCUT2D eigenvalue weighted by atomic mass is 79.9. The molecule has 0 saturated heterocycles. The summed E-state index contributed by atoms with van der Waals surface area (Å²) >= 11 is 3.40. The molecule has 1 aliphatic heterocycles. The van der Waals surface area contributed by atoms with Crippen LogP contribution in [-0.4, -0.2) is 16.8 Å². The molecule has 2 aromatic carbocycles. The molecule has 26 heavy (non-hydrogen) atoms. The highest BCUT2D eigenvalue weighted by molar-refractivity contribution is 9.10. The van der Waals surface area contributed by atoms with Gasteiger partial charge < -0.3 is 15.2 Å². The van der Waals surface area contributed by atoms with E-state index in [4.69, 9.17) is 4.74 Å². The van der Waals surface area contributed by atoms with Gasteiger partial charge in [0.2, 0.25) is 11.7 Å². The van der Waals surface area contributed by atoms with Crippen LogP contribution < -0.4 is 10.1 Å². The second kappa shape index (κ2) is 5.66. The Morgan fingerprint density at radius 2 is 2.04 bits per heavy atom. The molecule has 2 unspecified atom stereocenters. The summed E-state index contributed by atoms with van der Waals surface area (Å²) in [5.41, 5.74) is 3.02. The van der Waals surface area contributed by atoms with Crippen molar-refractivity contribution in [3.05, 3.63) is 57.1 Å². The summed E-state index contributed by atoms with van der Waals surface area (Å²) in [7, 11) is 0. The number of hydrogen-bond acceptors (Lipinski definition) is 4. The molecule has 2 N–H and O–H groups in total. The van der Waals surface area contributed by atoms with Crippen molar-refractivity contribution in [2.24, 2.45) is 0 Å². The molecule has 0 radical (unpaired) electrons. The SMILES string of the molecule is CC(=O)Nc1ccc2c(c1Br)C(=O)C1c3ccc(C(C)C)cc3OC21O. The summed E-state index contributed by atoms with van der Waals surface area (Å²) in [5.74, 6) is -2.13. The number of carbonyl (C=O) groups excluding carboxylic acids is 2. The Labute approximate surface area is 159 Å². The molecule has 134 valence electrons. The van der Waals surface area contributed by atoms with E-state index in [0.29, 0.717) is 38.5 Å². The van der Waals surface area contributed by atoms with Crippen LogP contribution >= 0.6 is 15.9 Å². The zero-order chi connectivity index (χ0) is 18.8. The second-order valence-electron chi connectivity index (χ2n) is 7.08. The fourth-order valence-corrected chi connectivity index (χ4v) is 4.39. The lowest BCUT2D eigenvalue weighted by molar-refractivity contribution is -0.134. The predicted molar refractivity (Wildman–Crippen MR) is 101 cm³/mol. The van der Waals surface area contributed by atoms with E-state index in [1.165, 1.54) is 6.92 Å². The highest BCUT2D eigenvalue weighted by Crippen LogP contribution is 2.57. The van der Waals surface area contributed by atoms with Gasteiger partial charge in [0.15, 0.2) is 5.78 Å². The fraction of sp³-hybridized carbons (Fsp3) is 0.300. The van der Waals surface area contributed by atoms with Gasteiger partial charge in [0.1, 0.15) is 11.7 Å². The molecule has 2 atom stereocenters. The maximum Gasteiger partial charge on any atom is 0.250 e. The van der Waals surface area contributed by atoms with Crippen LogP contribution in [0, 0.1) is 0 Å². The first kappa shape index (κ1) is 17.2. The van der Waals surface area contributed by atoms with Gasteiger partial charge in [-0.05, 0) is 45.6 Å². The Morgan fingerprint density at radius 1 is 1.31 bits per heavy atom. The molecular formula is C20H18BrNO4. The number of hydrogen-bond donors (Lipinski definition) is 2. The third kappa shape index (κ3) is 2.25. The van der Waals surface area contributed by atoms with Crippen molar-refractivity contribution in [1.29, 1.82) is 0 Å². The Morgan fingerprint density at radius 3 is 2.69 bits per heavy atom. The molecule has 1 amide bonds. The number of rotatable bonds is 2. The van der Waals surface area contributed by atoms with Gasteiger partial charge in [0.25, 0.3) is 0 Å². The van der Waals surface area contributed by atoms with Crippen LogP contribution in [0.4, 0.5) is 5.69 Å². The lowest BCUT2D eigenvalue weighted by Gasteiger charge is -2.22. The minimum atomic E-state index is -1.72. The summed E-state index contributed by atoms with van der Waals surface area (Å²) in [6, 6.07) is 9.01. The van der Waals surface area contributed by atoms with Crippen molar-refractivity contribution in [2.45, 2.75) is 38.4 Å². The van der Waals surface area contributed by atoms with Gasteiger partial charge in [-0.2, -0.15) is 0 Å². The normalized spacial score (nSPS) is 22.7. The predicted octanol–water partition coefficient (Wildman–Crippen LogP) is 4.05. The van der Waals surface area contributed by atoms with Gasteiger partial charge in [-0.15, -0.1) is 0 Å². The minimum absolute atomic E-state index is 0.224. The van der Waals surface area contributed by atoms with Crippen molar-refractivity contribution in [2.75, 3.05) is 5.32 Å². The molecule has 1 aliphatic carbocycles. The smallest absolute Gasteiger partial charge is 0.250 e. The second-order valence-corrected chi connectivity index (χ2v) is 7.87. The summed E-state index contributed by atoms with van der Waals surface area (Å²) in [6.07, 6.45) is 0. The molecule has 6 heteroatoms. The topological polar surface area (TPSA) is 75.6 Å². The Kier molecular flexibility index (Phi) is 3.75. The zero-order valence-corrected chi connectivity index (χ0v) is 16.2. The Hall–Kier alpha value is -2.18. The number of ether oxygens (including phenoxy) is 1. The van der Waals surface area contributed by atoms with Gasteiger partial charge in [0, 0.05) is 23.6 Å². The number of fused-ring (bicyclic) bond motifs is 5. The van der Waals surface area contributed by atoms with Crippen LogP contribution in [0.15, 0.2) is 34.8 Å². The van der Waals surface area contributed by atoms with Crippen molar-refractivity contribution < 1.29 is 19.4 Å². The molecule has 0 spiro atoms. The molecule has 5 nitrogen and oxygen atoms in total. The van der Waals surface area contributed by atoms with Crippen molar-refractivity contribution >= 4 is 33.3 Å². The van der Waals surface area contributed by atoms with E-state index < -0.39 is 11.7 Å². The van der Waals surface area contributed by atoms with E-state index in [1.54, 1.807) is 12.1 Å². The lowest BCUT2D eigenvalue weighted by Crippen LogP contribution is -2.32. The van der Waals surface area contributed by atoms with Crippen LogP contribution in [-0.2, 0) is 10.6 Å². The van der Waals surface area contributed by atoms with Gasteiger partial charge in [0.05, 0.1) is 10.2 Å². The number of nitrogens with one attached hydrogen (secondary N) is 1. The third-order valence-electron chi connectivity index (χ3n) is 5.02. The van der Waals surface area contributed by atoms with E-state index in [2.05, 4.69) is 35.1 Å². The summed E-state index contributed by atoms with van der Waals surface area (Å²) < 4.78 is 6.37. The number of ketones is 1. The lowest BCUT2D eigenvalue weighted by atomic mass is 9.91. The standard InChI is InChI=1S/C20H18BrNO4/c1-9(2)11-4-5-12-15(8-11)26-20(25)13-6-7-14(22-10(3)23)18(21)16(13)19(24)17(12)20/h4-9,17,25H,1-3H3,(H,22,23). The van der Waals surface area contributed by atoms with E-state index in [-0.39, 0.29) is 11.7 Å². The number of halogens is 1. The highest BCUT2D eigenvalue weighted by Gasteiger charge is 2.59. The molecule has 0 aromatic heterocycles. The largest absolute Gasteiger partial charge is 0.457 e. The quantitative estimate of drug-likeness (QED) is 0.775. The first-order valence-corrected chi connectivity index (χ1v) is 9.23. The monoisotopic (exact) mass is 415 g/mol. The van der Waals surface area contributed by atoms with Gasteiger partial charge >= 0.3 is 0 Å². The summed E-state index contributed by atoms with van der Waals surface area (Å²) in [4.78, 5) is 24.5. The maximum absolute atomic E-state index is 13.1. The van der Waals surface area contributed by atoms with E-state index in [9.17, 15) is 14.7 Å². The molecular weight excluding hydrogens is 398 g/mol. The van der Waals surface area contributed by atoms with E-state index >= 15 is 0 Å². The van der Waals surface area contributed by atoms with Crippen LogP contribution in [0.2, 0.25) is 0 Å². The molecule has 0 fully saturated rings. The first-order chi connectivity index (χ1) is 12.2. The zero-order valence-electron chi connectivity index (χ0n) is 14.6. The number of Topliss-reactive ketones (excluding diaryl/α,β-unsaturated/α-hetero) is 1.